The summed E-state index contributed by atoms with van der Waals surface area (Å²) < 4.78 is 8.29. The van der Waals surface area contributed by atoms with Crippen LogP contribution in [0.1, 0.15) is 76.2 Å². The number of nitrogens with zero attached hydrogens (tertiary/aromatic N) is 2. The quantitative estimate of drug-likeness (QED) is 0.715. The molecule has 1 fully saturated rings. The summed E-state index contributed by atoms with van der Waals surface area (Å²) in [6, 6.07) is 0. The molecule has 2 rings (SSSR count). The predicted octanol–water partition coefficient (Wildman–Crippen LogP) is 4.66. The van der Waals surface area contributed by atoms with Gasteiger partial charge in [-0.1, -0.05) is 20.8 Å². The molecule has 1 saturated heterocycles. The summed E-state index contributed by atoms with van der Waals surface area (Å²) in [5, 5.41) is 4.91. The van der Waals surface area contributed by atoms with E-state index in [9.17, 15) is 0 Å². The lowest BCUT2D eigenvalue weighted by atomic mass is 10.0. The number of hydrogen-bond donors (Lipinski definition) is 0. The molecule has 0 N–H and O–H groups in total. The summed E-state index contributed by atoms with van der Waals surface area (Å²) in [7, 11) is 0. The number of halogens is 1. The Morgan fingerprint density at radius 1 is 1.33 bits per heavy atom. The highest BCUT2D eigenvalue weighted by Crippen LogP contribution is 2.33. The molecule has 0 radical (unpaired) electrons. The largest absolute Gasteiger partial charge is 0.370 e. The Labute approximate surface area is 134 Å². The lowest BCUT2D eigenvalue weighted by Gasteiger charge is -2.20. The van der Waals surface area contributed by atoms with Crippen LogP contribution in [0, 0.1) is 0 Å². The first-order chi connectivity index (χ1) is 9.91. The fraction of sp³-hybridized carbons (Fsp3) is 0.824. The van der Waals surface area contributed by atoms with Crippen molar-refractivity contribution in [1.82, 2.24) is 9.78 Å². The Bertz CT molecular complexity index is 481. The van der Waals surface area contributed by atoms with Crippen molar-refractivity contribution in [1.29, 1.82) is 0 Å². The molecule has 120 valence electrons. The zero-order valence-electron chi connectivity index (χ0n) is 14.1. The van der Waals surface area contributed by atoms with Gasteiger partial charge in [-0.15, -0.1) is 11.6 Å². The molecule has 0 aromatic carbocycles. The fourth-order valence-corrected chi connectivity index (χ4v) is 3.57. The molecule has 2 unspecified atom stereocenters. The van der Waals surface area contributed by atoms with Gasteiger partial charge in [0.2, 0.25) is 0 Å². The lowest BCUT2D eigenvalue weighted by molar-refractivity contribution is -0.0233. The van der Waals surface area contributed by atoms with Gasteiger partial charge in [0.15, 0.2) is 0 Å². The standard InChI is InChI=1S/C17H29ClN2O/c1-6-13(18)16-14(7-2)19-20(15(16)8-3)11-12-9-10-17(4,5)21-12/h12-13H,6-11H2,1-5H3. The van der Waals surface area contributed by atoms with E-state index in [0.717, 1.165) is 44.3 Å². The molecule has 1 aromatic rings. The van der Waals surface area contributed by atoms with Crippen LogP contribution in [0.5, 0.6) is 0 Å². The molecule has 1 aliphatic rings. The highest BCUT2D eigenvalue weighted by atomic mass is 35.5. The molecule has 0 aliphatic carbocycles. The van der Waals surface area contributed by atoms with Gasteiger partial charge >= 0.3 is 0 Å². The SMILES string of the molecule is CCc1nn(CC2CCC(C)(C)O2)c(CC)c1C(Cl)CC. The first-order valence-electron chi connectivity index (χ1n) is 8.32. The van der Waals surface area contributed by atoms with Gasteiger partial charge in [-0.05, 0) is 46.0 Å². The van der Waals surface area contributed by atoms with Crippen LogP contribution in [0.4, 0.5) is 0 Å². The number of aryl methyl sites for hydroxylation is 1. The van der Waals surface area contributed by atoms with Crippen molar-refractivity contribution in [2.24, 2.45) is 0 Å². The Kier molecular flexibility index (Phi) is 5.37. The summed E-state index contributed by atoms with van der Waals surface area (Å²) in [4.78, 5) is 0. The van der Waals surface area contributed by atoms with E-state index in [2.05, 4.69) is 39.3 Å². The van der Waals surface area contributed by atoms with Crippen LogP contribution < -0.4 is 0 Å². The summed E-state index contributed by atoms with van der Waals surface area (Å²) in [6.45, 7) is 11.7. The highest BCUT2D eigenvalue weighted by molar-refractivity contribution is 6.20. The van der Waals surface area contributed by atoms with E-state index in [1.807, 2.05) is 0 Å². The van der Waals surface area contributed by atoms with Crippen LogP contribution in [0.15, 0.2) is 0 Å². The van der Waals surface area contributed by atoms with E-state index < -0.39 is 0 Å². The molecule has 0 saturated carbocycles. The minimum atomic E-state index is 0.0129. The number of ether oxygens (including phenoxy) is 1. The van der Waals surface area contributed by atoms with Crippen molar-refractivity contribution in [3.05, 3.63) is 17.0 Å². The van der Waals surface area contributed by atoms with Crippen molar-refractivity contribution >= 4 is 11.6 Å². The van der Waals surface area contributed by atoms with Crippen LogP contribution in [-0.2, 0) is 24.1 Å². The second-order valence-corrected chi connectivity index (χ2v) is 7.14. The molecule has 4 heteroatoms. The molecule has 2 atom stereocenters. The molecule has 1 aromatic heterocycles. The van der Waals surface area contributed by atoms with Crippen LogP contribution in [0.3, 0.4) is 0 Å². The summed E-state index contributed by atoms with van der Waals surface area (Å²) >= 11 is 6.55. The summed E-state index contributed by atoms with van der Waals surface area (Å²) in [5.74, 6) is 0. The maximum absolute atomic E-state index is 6.55. The predicted molar refractivity (Wildman–Crippen MR) is 88.1 cm³/mol. The Hall–Kier alpha value is -0.540. The normalized spacial score (nSPS) is 22.7. The van der Waals surface area contributed by atoms with Crippen molar-refractivity contribution < 1.29 is 4.74 Å². The third kappa shape index (κ3) is 3.62. The minimum Gasteiger partial charge on any atom is -0.370 e. The zero-order chi connectivity index (χ0) is 15.6. The number of rotatable bonds is 6. The van der Waals surface area contributed by atoms with E-state index in [-0.39, 0.29) is 17.1 Å². The number of aromatic nitrogens is 2. The van der Waals surface area contributed by atoms with E-state index in [0.29, 0.717) is 0 Å². The van der Waals surface area contributed by atoms with Crippen LogP contribution >= 0.6 is 11.6 Å². The Morgan fingerprint density at radius 2 is 2.05 bits per heavy atom. The second-order valence-electron chi connectivity index (χ2n) is 6.61. The Balaban J connectivity index is 2.25. The van der Waals surface area contributed by atoms with Crippen molar-refractivity contribution in [2.75, 3.05) is 0 Å². The molecule has 1 aliphatic heterocycles. The second kappa shape index (κ2) is 6.70. The topological polar surface area (TPSA) is 27.1 Å². The van der Waals surface area contributed by atoms with Gasteiger partial charge < -0.3 is 4.74 Å². The van der Waals surface area contributed by atoms with Gasteiger partial charge in [0.1, 0.15) is 0 Å². The summed E-state index contributed by atoms with van der Waals surface area (Å²) in [6.07, 6.45) is 5.38. The maximum Gasteiger partial charge on any atom is 0.0779 e. The molecule has 0 bridgehead atoms. The van der Waals surface area contributed by atoms with Gasteiger partial charge in [0.25, 0.3) is 0 Å². The smallest absolute Gasteiger partial charge is 0.0779 e. The number of hydrogen-bond acceptors (Lipinski definition) is 2. The molecule has 0 spiro atoms. The van der Waals surface area contributed by atoms with E-state index in [1.54, 1.807) is 0 Å². The van der Waals surface area contributed by atoms with Crippen LogP contribution in [0.25, 0.3) is 0 Å². The van der Waals surface area contributed by atoms with Gasteiger partial charge in [0.05, 0.1) is 29.3 Å². The summed E-state index contributed by atoms with van der Waals surface area (Å²) in [5.41, 5.74) is 3.73. The zero-order valence-corrected chi connectivity index (χ0v) is 14.8. The third-order valence-electron chi connectivity index (χ3n) is 4.45. The Morgan fingerprint density at radius 3 is 2.52 bits per heavy atom. The van der Waals surface area contributed by atoms with E-state index in [4.69, 9.17) is 21.4 Å². The van der Waals surface area contributed by atoms with E-state index in [1.165, 1.54) is 11.3 Å². The minimum absolute atomic E-state index is 0.0129. The van der Waals surface area contributed by atoms with Gasteiger partial charge in [0, 0.05) is 11.3 Å². The first kappa shape index (κ1) is 16.8. The average molecular weight is 313 g/mol. The molecule has 2 heterocycles. The fourth-order valence-electron chi connectivity index (χ4n) is 3.32. The molecule has 0 amide bonds. The van der Waals surface area contributed by atoms with Crippen molar-refractivity contribution in [2.45, 2.75) is 90.3 Å². The monoisotopic (exact) mass is 312 g/mol. The van der Waals surface area contributed by atoms with Crippen molar-refractivity contribution in [3.63, 3.8) is 0 Å². The van der Waals surface area contributed by atoms with Crippen molar-refractivity contribution in [3.8, 4) is 0 Å². The molecular formula is C17H29ClN2O. The lowest BCUT2D eigenvalue weighted by Crippen LogP contribution is -2.24. The van der Waals surface area contributed by atoms with Crippen LogP contribution in [-0.4, -0.2) is 21.5 Å². The van der Waals surface area contributed by atoms with Gasteiger partial charge in [-0.2, -0.15) is 5.10 Å². The average Bonchev–Trinajstić information content (AvgIpc) is 2.97. The number of alkyl halides is 1. The maximum atomic E-state index is 6.55. The first-order valence-corrected chi connectivity index (χ1v) is 8.75. The molecule has 21 heavy (non-hydrogen) atoms. The van der Waals surface area contributed by atoms with E-state index >= 15 is 0 Å². The van der Waals surface area contributed by atoms with Crippen LogP contribution in [0.2, 0.25) is 0 Å². The highest BCUT2D eigenvalue weighted by Gasteiger charge is 2.33. The third-order valence-corrected chi connectivity index (χ3v) is 4.97. The van der Waals surface area contributed by atoms with Gasteiger partial charge in [-0.3, -0.25) is 4.68 Å². The van der Waals surface area contributed by atoms with Gasteiger partial charge in [-0.25, -0.2) is 0 Å². The molecule has 3 nitrogen and oxygen atoms in total. The molecular weight excluding hydrogens is 284 g/mol.